The molecule has 1 N–H and O–H groups in total. The van der Waals surface area contributed by atoms with Gasteiger partial charge in [0.15, 0.2) is 0 Å². The van der Waals surface area contributed by atoms with Gasteiger partial charge >= 0.3 is 12.4 Å². The SMILES string of the molecule is OC1(c2cc(C(F)(F)F)cc(C(F)(F)F)c2)CC2CCCC(C1)S2. The Morgan fingerprint density at radius 2 is 1.33 bits per heavy atom. The maximum atomic E-state index is 13.0. The Labute approximate surface area is 139 Å². The van der Waals surface area contributed by atoms with Crippen LogP contribution in [0.15, 0.2) is 18.2 Å². The number of alkyl halides is 6. The molecule has 0 aliphatic carbocycles. The Morgan fingerprint density at radius 3 is 1.75 bits per heavy atom. The van der Waals surface area contributed by atoms with E-state index >= 15 is 0 Å². The standard InChI is InChI=1S/C16H16F6OS/c17-15(18,19)10-4-9(5-11(6-10)16(20,21)22)14(23)7-12-2-1-3-13(8-14)24-12/h4-6,12-13,23H,1-3,7-8H2. The fourth-order valence-electron chi connectivity index (χ4n) is 3.58. The van der Waals surface area contributed by atoms with Gasteiger partial charge in [-0.15, -0.1) is 0 Å². The molecule has 3 rings (SSSR count). The Bertz CT molecular complexity index is 580. The van der Waals surface area contributed by atoms with Crippen molar-refractivity contribution in [3.8, 4) is 0 Å². The van der Waals surface area contributed by atoms with Gasteiger partial charge in [-0.1, -0.05) is 6.42 Å². The molecule has 2 bridgehead atoms. The minimum absolute atomic E-state index is 0.0754. The number of hydrogen-bond acceptors (Lipinski definition) is 2. The molecular formula is C16H16F6OS. The van der Waals surface area contributed by atoms with Crippen molar-refractivity contribution in [2.75, 3.05) is 0 Å². The third-order valence-electron chi connectivity index (χ3n) is 4.69. The van der Waals surface area contributed by atoms with Crippen molar-refractivity contribution in [2.45, 2.75) is 60.6 Å². The van der Waals surface area contributed by atoms with E-state index in [9.17, 15) is 31.4 Å². The Morgan fingerprint density at radius 1 is 0.875 bits per heavy atom. The van der Waals surface area contributed by atoms with Crippen LogP contribution < -0.4 is 0 Å². The van der Waals surface area contributed by atoms with E-state index in [4.69, 9.17) is 0 Å². The number of thioether (sulfide) groups is 1. The highest BCUT2D eigenvalue weighted by Crippen LogP contribution is 2.50. The second kappa shape index (κ2) is 5.83. The summed E-state index contributed by atoms with van der Waals surface area (Å²) in [6.45, 7) is 0. The number of fused-ring (bicyclic) bond motifs is 2. The van der Waals surface area contributed by atoms with Crippen molar-refractivity contribution in [3.05, 3.63) is 34.9 Å². The van der Waals surface area contributed by atoms with Crippen LogP contribution in [0.25, 0.3) is 0 Å². The summed E-state index contributed by atoms with van der Waals surface area (Å²) in [7, 11) is 0. The van der Waals surface area contributed by atoms with Gasteiger partial charge in [-0.25, -0.2) is 0 Å². The topological polar surface area (TPSA) is 20.2 Å². The summed E-state index contributed by atoms with van der Waals surface area (Å²) < 4.78 is 78.0. The first-order valence-electron chi connectivity index (χ1n) is 7.65. The number of benzene rings is 1. The molecule has 2 heterocycles. The molecule has 2 fully saturated rings. The van der Waals surface area contributed by atoms with Crippen LogP contribution in [0.1, 0.15) is 48.8 Å². The highest BCUT2D eigenvalue weighted by molar-refractivity contribution is 8.00. The maximum absolute atomic E-state index is 13.0. The van der Waals surface area contributed by atoms with Gasteiger partial charge in [0.1, 0.15) is 0 Å². The molecule has 0 radical (unpaired) electrons. The summed E-state index contributed by atoms with van der Waals surface area (Å²) in [6, 6.07) is 1.44. The molecule has 1 aromatic rings. The van der Waals surface area contributed by atoms with Crippen LogP contribution in [0.4, 0.5) is 26.3 Å². The lowest BCUT2D eigenvalue weighted by Crippen LogP contribution is -2.41. The van der Waals surface area contributed by atoms with E-state index in [0.29, 0.717) is 12.1 Å². The van der Waals surface area contributed by atoms with E-state index in [1.165, 1.54) is 0 Å². The average molecular weight is 370 g/mol. The van der Waals surface area contributed by atoms with Crippen molar-refractivity contribution in [1.82, 2.24) is 0 Å². The number of halogens is 6. The fraction of sp³-hybridized carbons (Fsp3) is 0.625. The number of rotatable bonds is 1. The molecular weight excluding hydrogens is 354 g/mol. The van der Waals surface area contributed by atoms with Crippen molar-refractivity contribution in [1.29, 1.82) is 0 Å². The van der Waals surface area contributed by atoms with Crippen LogP contribution in [0.5, 0.6) is 0 Å². The van der Waals surface area contributed by atoms with Crippen molar-refractivity contribution in [2.24, 2.45) is 0 Å². The molecule has 2 aliphatic heterocycles. The molecule has 2 aliphatic rings. The van der Waals surface area contributed by atoms with Crippen LogP contribution in [-0.2, 0) is 18.0 Å². The van der Waals surface area contributed by atoms with Crippen molar-refractivity contribution in [3.63, 3.8) is 0 Å². The van der Waals surface area contributed by atoms with Crippen LogP contribution >= 0.6 is 11.8 Å². The summed E-state index contributed by atoms with van der Waals surface area (Å²) in [5.74, 6) is 0. The highest BCUT2D eigenvalue weighted by Gasteiger charge is 2.45. The predicted molar refractivity (Wildman–Crippen MR) is 78.6 cm³/mol. The summed E-state index contributed by atoms with van der Waals surface area (Å²) in [4.78, 5) is 0. The third-order valence-corrected chi connectivity index (χ3v) is 6.27. The first-order chi connectivity index (χ1) is 11.0. The Kier molecular flexibility index (Phi) is 4.35. The van der Waals surface area contributed by atoms with E-state index in [1.807, 2.05) is 0 Å². The second-order valence-electron chi connectivity index (χ2n) is 6.55. The molecule has 1 aromatic carbocycles. The second-order valence-corrected chi connectivity index (χ2v) is 8.15. The predicted octanol–water partition coefficient (Wildman–Crippen LogP) is 5.36. The zero-order chi connectivity index (χ0) is 17.8. The van der Waals surface area contributed by atoms with Gasteiger partial charge in [-0.3, -0.25) is 0 Å². The first kappa shape index (κ1) is 17.9. The van der Waals surface area contributed by atoms with Crippen molar-refractivity contribution >= 4 is 11.8 Å². The molecule has 2 unspecified atom stereocenters. The van der Waals surface area contributed by atoms with E-state index in [2.05, 4.69) is 0 Å². The first-order valence-corrected chi connectivity index (χ1v) is 8.59. The van der Waals surface area contributed by atoms with Gasteiger partial charge < -0.3 is 5.11 Å². The molecule has 1 nitrogen and oxygen atoms in total. The van der Waals surface area contributed by atoms with Crippen LogP contribution in [-0.4, -0.2) is 15.6 Å². The van der Waals surface area contributed by atoms with Gasteiger partial charge in [0.2, 0.25) is 0 Å². The van der Waals surface area contributed by atoms with E-state index in [-0.39, 0.29) is 35.0 Å². The van der Waals surface area contributed by atoms with Crippen LogP contribution in [0.3, 0.4) is 0 Å². The summed E-state index contributed by atoms with van der Waals surface area (Å²) >= 11 is 1.69. The normalized spacial score (nSPS) is 31.1. The lowest BCUT2D eigenvalue weighted by molar-refractivity contribution is -0.143. The number of hydrogen-bond donors (Lipinski definition) is 1. The summed E-state index contributed by atoms with van der Waals surface area (Å²) in [5.41, 5.74) is -4.66. The lowest BCUT2D eigenvalue weighted by Gasteiger charge is -2.44. The largest absolute Gasteiger partial charge is 0.416 e. The molecule has 24 heavy (non-hydrogen) atoms. The molecule has 8 heteroatoms. The van der Waals surface area contributed by atoms with Crippen LogP contribution in [0.2, 0.25) is 0 Å². The fourth-order valence-corrected chi connectivity index (χ4v) is 5.47. The van der Waals surface area contributed by atoms with Gasteiger partial charge in [-0.2, -0.15) is 38.1 Å². The monoisotopic (exact) mass is 370 g/mol. The average Bonchev–Trinajstić information content (AvgIpc) is 2.44. The quantitative estimate of drug-likeness (QED) is 0.672. The number of aliphatic hydroxyl groups is 1. The zero-order valence-electron chi connectivity index (χ0n) is 12.5. The Hall–Kier alpha value is -0.890. The minimum atomic E-state index is -4.90. The van der Waals surface area contributed by atoms with Crippen LogP contribution in [0, 0.1) is 0 Å². The zero-order valence-corrected chi connectivity index (χ0v) is 13.4. The minimum Gasteiger partial charge on any atom is -0.385 e. The molecule has 0 saturated carbocycles. The molecule has 2 atom stereocenters. The molecule has 0 spiro atoms. The Balaban J connectivity index is 2.06. The van der Waals surface area contributed by atoms with Gasteiger partial charge in [0.25, 0.3) is 0 Å². The highest BCUT2D eigenvalue weighted by atomic mass is 32.2. The van der Waals surface area contributed by atoms with E-state index in [1.54, 1.807) is 11.8 Å². The molecule has 0 amide bonds. The van der Waals surface area contributed by atoms with Gasteiger partial charge in [0.05, 0.1) is 16.7 Å². The molecule has 0 aromatic heterocycles. The van der Waals surface area contributed by atoms with E-state index in [0.717, 1.165) is 19.3 Å². The molecule has 134 valence electrons. The van der Waals surface area contributed by atoms with Gasteiger partial charge in [-0.05, 0) is 49.4 Å². The summed E-state index contributed by atoms with van der Waals surface area (Å²) in [5, 5.41) is 11.0. The maximum Gasteiger partial charge on any atom is 0.416 e. The lowest BCUT2D eigenvalue weighted by atomic mass is 9.79. The third kappa shape index (κ3) is 3.54. The molecule has 2 saturated heterocycles. The van der Waals surface area contributed by atoms with Crippen molar-refractivity contribution < 1.29 is 31.4 Å². The van der Waals surface area contributed by atoms with Gasteiger partial charge in [0, 0.05) is 10.5 Å². The van der Waals surface area contributed by atoms with E-state index < -0.39 is 29.1 Å². The smallest absolute Gasteiger partial charge is 0.385 e. The summed E-state index contributed by atoms with van der Waals surface area (Å²) in [6.07, 6.45) is -6.78.